The fourth-order valence-corrected chi connectivity index (χ4v) is 150. The Morgan fingerprint density at radius 2 is 0.620 bits per heavy atom. The zero-order valence-electron chi connectivity index (χ0n) is 96.7. The fourth-order valence-electron chi connectivity index (χ4n) is 20.2. The van der Waals surface area contributed by atoms with E-state index in [0.717, 1.165) is 11.6 Å². The molecule has 1 saturated heterocycles. The van der Waals surface area contributed by atoms with Gasteiger partial charge in [-0.15, -0.1) is 0 Å². The Hall–Kier alpha value is 0.652. The number of methoxy groups -OCH3 is 1. The van der Waals surface area contributed by atoms with Crippen molar-refractivity contribution in [1.82, 2.24) is 10.2 Å². The van der Waals surface area contributed by atoms with Crippen LogP contribution in [0.4, 0.5) is 0 Å². The summed E-state index contributed by atoms with van der Waals surface area (Å²) in [6, 6.07) is 12.7. The molecule has 62 heteroatoms. The quantitative estimate of drug-likeness (QED) is 0.0207. The van der Waals surface area contributed by atoms with Crippen LogP contribution in [-0.4, -0.2) is 289 Å². The Labute approximate surface area is 884 Å². The molecule has 142 heavy (non-hydrogen) atoms. The van der Waals surface area contributed by atoms with Crippen LogP contribution in [0.1, 0.15) is 43.2 Å². The van der Waals surface area contributed by atoms with Crippen LogP contribution in [0.5, 0.6) is 5.75 Å². The number of nitrogen functional groups attached to an aromatic ring is 1. The second kappa shape index (κ2) is 50.5. The summed E-state index contributed by atoms with van der Waals surface area (Å²) in [5, 5.41) is 10.6. The number of benzene rings is 2. The Morgan fingerprint density at radius 3 is 0.859 bits per heavy atom. The second-order valence-corrected chi connectivity index (χ2v) is 141. The molecule has 0 aromatic heterocycles. The lowest BCUT2D eigenvalue weighted by molar-refractivity contribution is -0.142. The van der Waals surface area contributed by atoms with Gasteiger partial charge in [0.1, 0.15) is 23.4 Å². The molecule has 2 aromatic rings. The van der Waals surface area contributed by atoms with Crippen LogP contribution >= 0.6 is 0 Å². The predicted octanol–water partition coefficient (Wildman–Crippen LogP) is 19.8. The Bertz CT molecular complexity index is 4550. The van der Waals surface area contributed by atoms with Crippen molar-refractivity contribution in [1.29, 1.82) is 5.41 Å². The average Bonchev–Trinajstić information content (AvgIpc) is 0.840. The van der Waals surface area contributed by atoms with Crippen LogP contribution in [0, 0.1) is 11.3 Å². The first-order valence-corrected chi connectivity index (χ1v) is 122. The van der Waals surface area contributed by atoms with Gasteiger partial charge >= 0.3 is 205 Å². The van der Waals surface area contributed by atoms with Gasteiger partial charge in [-0.1, -0.05) is 24.3 Å². The van der Waals surface area contributed by atoms with E-state index < -0.39 is 253 Å². The first-order valence-electron chi connectivity index (χ1n) is 49.3. The Morgan fingerprint density at radius 1 is 0.373 bits per heavy atom. The first-order chi connectivity index (χ1) is 62.7. The van der Waals surface area contributed by atoms with Gasteiger partial charge in [-0.2, -0.15) is 0 Å². The number of carbonyl (C=O) groups excluding carboxylic acids is 3. The standard InChI is InChI=1S/C80H191N5O31SSi25/c1-91-75-60-62-76(63-61-75)117(89,90)70-73(80(88)85-65-52-55-77(85)79(87)84-69-71-56-58-72(59-57-71)78(82)83)68-74(86)54-53-66-92-119(4,5)94-121(8,9)96-123(12,13)98-125(16,17)100-127(20,21)102-129(24,25)104-131(28,29)106-133(32,33)108-135(36,37)110-137(40,41)112-139(44,45)114-141(48,49)116-142(50,51)115-140(46,47)113-138(42,43)111-136(38,39)109-134(34,35)107-132(30,31)105-130(26,27)103-128(22,23)101-126(18,19)99-124(14,15)97-122(10,11)95-120(6,7)93-118(2,3)67-64-81/h56-63,73,77H,52-55,64-70,81H2,1-51H3,(H3,82,83)(H,84,87)/t73-,77-/m0/s1. The highest BCUT2D eigenvalue weighted by Crippen LogP contribution is 2.39. The first kappa shape index (κ1) is 137. The summed E-state index contributed by atoms with van der Waals surface area (Å²) >= 11 is 0. The van der Waals surface area contributed by atoms with Crippen molar-refractivity contribution in [2.75, 3.05) is 32.6 Å². The molecular weight excluding hydrogens is 2260 g/mol. The van der Waals surface area contributed by atoms with E-state index in [4.69, 9.17) is 125 Å². The summed E-state index contributed by atoms with van der Waals surface area (Å²) < 4.78 is 207. The van der Waals surface area contributed by atoms with Crippen molar-refractivity contribution in [2.24, 2.45) is 17.4 Å². The molecule has 1 fully saturated rings. The number of hydrogen-bond acceptors (Lipinski definition) is 33. The van der Waals surface area contributed by atoms with E-state index in [2.05, 4.69) is 70.8 Å². The second-order valence-electron chi connectivity index (χ2n) is 48.2. The summed E-state index contributed by atoms with van der Waals surface area (Å²) in [4.78, 5) is 43.6. The molecule has 3 rings (SSSR count). The Kier molecular flexibility index (Phi) is 48.6. The molecule has 0 aliphatic carbocycles. The van der Waals surface area contributed by atoms with Crippen LogP contribution in [0.25, 0.3) is 0 Å². The van der Waals surface area contributed by atoms with Crippen LogP contribution in [0.2, 0.25) is 333 Å². The van der Waals surface area contributed by atoms with Gasteiger partial charge in [0, 0.05) is 38.1 Å². The minimum atomic E-state index is -4.10. The number of nitrogens with two attached hydrogens (primary N) is 2. The summed E-state index contributed by atoms with van der Waals surface area (Å²) in [6.45, 7) is 103. The summed E-state index contributed by atoms with van der Waals surface area (Å²) in [6.07, 6.45) is 0.792. The van der Waals surface area contributed by atoms with Gasteiger partial charge in [0.25, 0.3) is 0 Å². The lowest BCUT2D eigenvalue weighted by Gasteiger charge is -2.45. The topological polar surface area (TPSA) is 416 Å². The number of amides is 2. The minimum Gasteiger partial charge on any atom is -0.497 e. The van der Waals surface area contributed by atoms with Crippen LogP contribution < -0.4 is 21.5 Å². The third kappa shape index (κ3) is 54.4. The molecule has 828 valence electrons. The SMILES string of the molecule is COc1ccc(S(=O)(=O)C[C@H](CC(=O)CCCO[Si](C)(C)O[Si](C)(C)O[Si](C)(C)O[Si](C)(C)O[Si](C)(C)O[Si](C)(C)O[Si](C)(C)O[Si](C)(C)O[Si](C)(C)O[Si](C)(C)O[Si](C)(C)O[Si](C)(C)O[Si](C)(C)O[Si](C)(C)O[Si](C)(C)O[Si](C)(C)O[Si](C)(C)O[Si](C)(C)O[Si](C)(C)O[Si](C)(C)O[Si](C)(C)O[Si](C)(C)O[Si](C)(C)O[Si](C)(C)O[Si](C)(C)CCN)C(=O)N2CCC[C@H]2C(=O)NCc2ccc(C(=N)N)cc2)cc1. The molecule has 0 saturated carbocycles. The summed E-state index contributed by atoms with van der Waals surface area (Å²) in [7, 11) is -74.8. The van der Waals surface area contributed by atoms with E-state index in [0.29, 0.717) is 30.7 Å². The van der Waals surface area contributed by atoms with Crippen molar-refractivity contribution >= 4 is 247 Å². The van der Waals surface area contributed by atoms with E-state index in [-0.39, 0.29) is 55.5 Å². The van der Waals surface area contributed by atoms with Crippen molar-refractivity contribution in [2.45, 2.75) is 383 Å². The third-order valence-electron chi connectivity index (χ3n) is 19.9. The van der Waals surface area contributed by atoms with Crippen LogP contribution in [0.3, 0.4) is 0 Å². The lowest BCUT2D eigenvalue weighted by atomic mass is 9.99. The molecule has 36 nitrogen and oxygen atoms in total. The molecule has 2 atom stereocenters. The van der Waals surface area contributed by atoms with Crippen LogP contribution in [-0.2, 0) is 134 Å². The van der Waals surface area contributed by atoms with Gasteiger partial charge in [-0.3, -0.25) is 19.8 Å². The molecule has 0 bridgehead atoms. The van der Waals surface area contributed by atoms with Gasteiger partial charge in [-0.05, 0) is 389 Å². The summed E-state index contributed by atoms with van der Waals surface area (Å²) in [5.41, 5.74) is 12.9. The average molecular weight is 2450 g/mol. The highest BCUT2D eigenvalue weighted by atomic mass is 32.2. The van der Waals surface area contributed by atoms with Crippen molar-refractivity contribution in [3.05, 3.63) is 59.7 Å². The molecule has 2 amide bonds. The van der Waals surface area contributed by atoms with E-state index in [1.165, 1.54) is 36.3 Å². The Balaban J connectivity index is 1.58. The molecular formula is C80H191N5O31SSi25. The number of hydrogen-bond donors (Lipinski definition) is 4. The molecule has 1 aliphatic heterocycles. The fraction of sp³-hybridized carbons (Fsp3) is 0.800. The number of rotatable bonds is 66. The highest BCUT2D eigenvalue weighted by molar-refractivity contribution is 7.91. The number of nitrogens with zero attached hydrogens (tertiary/aromatic N) is 1. The van der Waals surface area contributed by atoms with Gasteiger partial charge in [-0.25, -0.2) is 8.42 Å². The predicted molar refractivity (Wildman–Crippen MR) is 624 cm³/mol. The monoisotopic (exact) mass is 2450 g/mol. The number of carbonyl (C=O) groups is 3. The zero-order valence-corrected chi connectivity index (χ0v) is 123. The zero-order chi connectivity index (χ0) is 111. The molecule has 0 radical (unpaired) electrons. The van der Waals surface area contributed by atoms with Crippen molar-refractivity contribution in [3.63, 3.8) is 0 Å². The van der Waals surface area contributed by atoms with E-state index >= 15 is 0 Å². The van der Waals surface area contributed by atoms with E-state index in [9.17, 15) is 22.8 Å². The maximum atomic E-state index is 14.6. The number of ether oxygens (including phenoxy) is 1. The normalized spacial score (nSPS) is 16.3. The van der Waals surface area contributed by atoms with Gasteiger partial charge < -0.3 is 130 Å². The third-order valence-corrected chi connectivity index (χ3v) is 119. The van der Waals surface area contributed by atoms with Gasteiger partial charge in [0.15, 0.2) is 18.2 Å². The molecule has 6 N–H and O–H groups in total. The maximum Gasteiger partial charge on any atom is 0.322 e. The molecule has 1 heterocycles. The number of nitrogens with one attached hydrogen (secondary N) is 2. The molecule has 0 unspecified atom stereocenters. The molecule has 1 aliphatic rings. The maximum absolute atomic E-state index is 14.6. The molecule has 2 aromatic carbocycles. The summed E-state index contributed by atoms with van der Waals surface area (Å²) in [5.74, 6) is -2.85. The van der Waals surface area contributed by atoms with Crippen LogP contribution in [0.15, 0.2) is 53.4 Å². The van der Waals surface area contributed by atoms with Crippen molar-refractivity contribution in [3.8, 4) is 5.75 Å². The number of likely N-dealkylation sites (tertiary alicyclic amines) is 1. The lowest BCUT2D eigenvalue weighted by Crippen LogP contribution is -2.63. The number of Topliss-reactive ketones (excluding diaryl/α,β-unsaturated/α-hetero) is 1. The largest absolute Gasteiger partial charge is 0.497 e. The number of sulfone groups is 1. The highest BCUT2D eigenvalue weighted by Gasteiger charge is 2.58. The van der Waals surface area contributed by atoms with Gasteiger partial charge in [0.05, 0.1) is 23.7 Å². The minimum absolute atomic E-state index is 0.00151. The van der Waals surface area contributed by atoms with E-state index in [1.54, 1.807) is 24.3 Å². The smallest absolute Gasteiger partial charge is 0.322 e. The van der Waals surface area contributed by atoms with Crippen molar-refractivity contribution < 1.29 is 131 Å². The number of ketones is 1. The molecule has 0 spiro atoms. The number of amidine groups is 1. The van der Waals surface area contributed by atoms with E-state index in [1.807, 2.05) is 262 Å². The van der Waals surface area contributed by atoms with Gasteiger partial charge in [0.2, 0.25) is 11.8 Å².